The highest BCUT2D eigenvalue weighted by molar-refractivity contribution is 6.04. The molecule has 1 saturated heterocycles. The lowest BCUT2D eigenvalue weighted by molar-refractivity contribution is -0.138. The second kappa shape index (κ2) is 3.66. The summed E-state index contributed by atoms with van der Waals surface area (Å²) in [6.45, 7) is 4.02. The van der Waals surface area contributed by atoms with Crippen molar-refractivity contribution in [3.8, 4) is 0 Å². The summed E-state index contributed by atoms with van der Waals surface area (Å²) >= 11 is 0. The quantitative estimate of drug-likeness (QED) is 0.742. The third-order valence-electron chi connectivity index (χ3n) is 2.83. The zero-order valence-corrected chi connectivity index (χ0v) is 8.92. The number of rotatable bonds is 2. The average molecular weight is 205 g/mol. The van der Waals surface area contributed by atoms with Gasteiger partial charge in [0.25, 0.3) is 5.91 Å². The highest BCUT2D eigenvalue weighted by Crippen LogP contribution is 2.31. The summed E-state index contributed by atoms with van der Waals surface area (Å²) in [5.74, 6) is 0.0674. The van der Waals surface area contributed by atoms with E-state index in [1.54, 1.807) is 4.90 Å². The summed E-state index contributed by atoms with van der Waals surface area (Å²) in [5.41, 5.74) is 0.867. The predicted octanol–water partition coefficient (Wildman–Crippen LogP) is 1.42. The molecule has 80 valence electrons. The number of nitrogens with zero attached hydrogens (tertiary/aromatic N) is 1. The van der Waals surface area contributed by atoms with Gasteiger partial charge in [-0.2, -0.15) is 0 Å². The van der Waals surface area contributed by atoms with Crippen molar-refractivity contribution in [3.63, 3.8) is 0 Å². The molecule has 0 aromatic heterocycles. The van der Waals surface area contributed by atoms with Gasteiger partial charge >= 0.3 is 0 Å². The van der Waals surface area contributed by atoms with Gasteiger partial charge < -0.3 is 10.0 Å². The minimum absolute atomic E-state index is 0.0834. The van der Waals surface area contributed by atoms with Crippen LogP contribution in [0.25, 0.3) is 0 Å². The molecule has 1 heterocycles. The van der Waals surface area contributed by atoms with E-state index in [4.69, 9.17) is 0 Å². The van der Waals surface area contributed by atoms with Gasteiger partial charge in [0.2, 0.25) is 0 Å². The van der Waals surface area contributed by atoms with Crippen molar-refractivity contribution in [3.05, 3.63) is 30.3 Å². The first-order chi connectivity index (χ1) is 7.13. The SMILES string of the molecule is CC(C)[C@H]1[C@@H](O)C(=O)N1c1ccccc1. The molecule has 0 unspecified atom stereocenters. The highest BCUT2D eigenvalue weighted by Gasteiger charge is 2.48. The Kier molecular flexibility index (Phi) is 2.49. The Morgan fingerprint density at radius 1 is 1.27 bits per heavy atom. The molecule has 0 saturated carbocycles. The lowest BCUT2D eigenvalue weighted by Crippen LogP contribution is -2.67. The molecule has 3 nitrogen and oxygen atoms in total. The number of aliphatic hydroxyl groups is 1. The highest BCUT2D eigenvalue weighted by atomic mass is 16.3. The first kappa shape index (κ1) is 10.2. The standard InChI is InChI=1S/C12H15NO2/c1-8(2)10-11(14)12(15)13(10)9-6-4-3-5-7-9/h3-8,10-11,14H,1-2H3/t10-,11+/m0/s1. The van der Waals surface area contributed by atoms with E-state index in [1.807, 2.05) is 44.2 Å². The normalized spacial score (nSPS) is 25.6. The fourth-order valence-corrected chi connectivity index (χ4v) is 2.05. The van der Waals surface area contributed by atoms with Crippen LogP contribution in [-0.4, -0.2) is 23.2 Å². The summed E-state index contributed by atoms with van der Waals surface area (Å²) in [6.07, 6.45) is -0.829. The first-order valence-corrected chi connectivity index (χ1v) is 5.19. The van der Waals surface area contributed by atoms with Gasteiger partial charge in [-0.1, -0.05) is 32.0 Å². The van der Waals surface area contributed by atoms with E-state index in [1.165, 1.54) is 0 Å². The van der Waals surface area contributed by atoms with E-state index in [9.17, 15) is 9.90 Å². The van der Waals surface area contributed by atoms with E-state index in [0.717, 1.165) is 5.69 Å². The molecule has 1 amide bonds. The number of carbonyl (C=O) groups is 1. The molecule has 2 atom stereocenters. The molecule has 1 aromatic carbocycles. The Bertz CT molecular complexity index is 361. The van der Waals surface area contributed by atoms with Crippen molar-refractivity contribution in [2.24, 2.45) is 5.92 Å². The molecule has 1 aliphatic heterocycles. The summed E-state index contributed by atoms with van der Waals surface area (Å²) in [6, 6.07) is 9.39. The number of para-hydroxylation sites is 1. The Morgan fingerprint density at radius 2 is 1.87 bits per heavy atom. The van der Waals surface area contributed by atoms with Crippen LogP contribution in [0.1, 0.15) is 13.8 Å². The van der Waals surface area contributed by atoms with Crippen LogP contribution in [0.5, 0.6) is 0 Å². The van der Waals surface area contributed by atoms with Crippen LogP contribution in [0.3, 0.4) is 0 Å². The van der Waals surface area contributed by atoms with Gasteiger partial charge in [-0.15, -0.1) is 0 Å². The van der Waals surface area contributed by atoms with Crippen LogP contribution in [0, 0.1) is 5.92 Å². The van der Waals surface area contributed by atoms with Gasteiger partial charge in [0.15, 0.2) is 6.10 Å². The molecule has 1 aromatic rings. The lowest BCUT2D eigenvalue weighted by Gasteiger charge is -2.46. The van der Waals surface area contributed by atoms with Gasteiger partial charge in [0.1, 0.15) is 0 Å². The van der Waals surface area contributed by atoms with Crippen molar-refractivity contribution >= 4 is 11.6 Å². The van der Waals surface area contributed by atoms with Crippen LogP contribution < -0.4 is 4.90 Å². The summed E-state index contributed by atoms with van der Waals surface area (Å²) in [5, 5.41) is 9.59. The zero-order chi connectivity index (χ0) is 11.0. The van der Waals surface area contributed by atoms with Gasteiger partial charge in [0.05, 0.1) is 6.04 Å². The molecule has 0 radical (unpaired) electrons. The van der Waals surface area contributed by atoms with Crippen LogP contribution in [0.2, 0.25) is 0 Å². The number of hydrogen-bond donors (Lipinski definition) is 1. The van der Waals surface area contributed by atoms with E-state index in [0.29, 0.717) is 0 Å². The summed E-state index contributed by atoms with van der Waals surface area (Å²) in [7, 11) is 0. The van der Waals surface area contributed by atoms with Crippen LogP contribution in [-0.2, 0) is 4.79 Å². The van der Waals surface area contributed by atoms with Crippen molar-refractivity contribution in [2.45, 2.75) is 26.0 Å². The largest absolute Gasteiger partial charge is 0.381 e. The van der Waals surface area contributed by atoms with Gasteiger partial charge in [-0.25, -0.2) is 0 Å². The molecule has 1 aliphatic rings. The fraction of sp³-hybridized carbons (Fsp3) is 0.417. The maximum absolute atomic E-state index is 11.6. The first-order valence-electron chi connectivity index (χ1n) is 5.19. The van der Waals surface area contributed by atoms with Gasteiger partial charge in [-0.05, 0) is 18.1 Å². The maximum atomic E-state index is 11.6. The molecule has 1 N–H and O–H groups in total. The number of amides is 1. The number of benzene rings is 1. The van der Waals surface area contributed by atoms with Crippen LogP contribution in [0.15, 0.2) is 30.3 Å². The minimum atomic E-state index is -0.829. The monoisotopic (exact) mass is 205 g/mol. The number of β-lactam (4-membered cyclic amide) rings is 1. The van der Waals surface area contributed by atoms with Crippen LogP contribution in [0.4, 0.5) is 5.69 Å². The van der Waals surface area contributed by atoms with E-state index in [-0.39, 0.29) is 17.9 Å². The third kappa shape index (κ3) is 1.53. The number of hydrogen-bond acceptors (Lipinski definition) is 2. The summed E-state index contributed by atoms with van der Waals surface area (Å²) in [4.78, 5) is 13.2. The second-order valence-corrected chi connectivity index (χ2v) is 4.22. The van der Waals surface area contributed by atoms with Crippen molar-refractivity contribution < 1.29 is 9.90 Å². The number of carbonyl (C=O) groups excluding carboxylic acids is 1. The Morgan fingerprint density at radius 3 is 2.40 bits per heavy atom. The van der Waals surface area contributed by atoms with Crippen LogP contribution >= 0.6 is 0 Å². The molecule has 1 fully saturated rings. The topological polar surface area (TPSA) is 40.5 Å². The van der Waals surface area contributed by atoms with Crippen molar-refractivity contribution in [1.82, 2.24) is 0 Å². The Labute approximate surface area is 89.3 Å². The summed E-state index contributed by atoms with van der Waals surface area (Å²) < 4.78 is 0. The average Bonchev–Trinajstić information content (AvgIpc) is 2.25. The maximum Gasteiger partial charge on any atom is 0.258 e. The lowest BCUT2D eigenvalue weighted by atomic mass is 9.87. The predicted molar refractivity (Wildman–Crippen MR) is 58.6 cm³/mol. The fourth-order valence-electron chi connectivity index (χ4n) is 2.05. The molecule has 2 rings (SSSR count). The van der Waals surface area contributed by atoms with Crippen molar-refractivity contribution in [2.75, 3.05) is 4.90 Å². The molecule has 3 heteroatoms. The number of aliphatic hydroxyl groups excluding tert-OH is 1. The smallest absolute Gasteiger partial charge is 0.258 e. The van der Waals surface area contributed by atoms with E-state index < -0.39 is 6.10 Å². The molecule has 15 heavy (non-hydrogen) atoms. The van der Waals surface area contributed by atoms with Crippen molar-refractivity contribution in [1.29, 1.82) is 0 Å². The third-order valence-corrected chi connectivity index (χ3v) is 2.83. The molecule has 0 bridgehead atoms. The van der Waals surface area contributed by atoms with Gasteiger partial charge in [0, 0.05) is 5.69 Å². The number of anilines is 1. The molecular weight excluding hydrogens is 190 g/mol. The molecule has 0 spiro atoms. The molecule has 0 aliphatic carbocycles. The Balaban J connectivity index is 2.26. The minimum Gasteiger partial charge on any atom is -0.381 e. The second-order valence-electron chi connectivity index (χ2n) is 4.22. The zero-order valence-electron chi connectivity index (χ0n) is 8.92. The molecular formula is C12H15NO2. The Hall–Kier alpha value is -1.35. The van der Waals surface area contributed by atoms with E-state index >= 15 is 0 Å². The van der Waals surface area contributed by atoms with E-state index in [2.05, 4.69) is 0 Å². The van der Waals surface area contributed by atoms with Gasteiger partial charge in [-0.3, -0.25) is 4.79 Å².